The Morgan fingerprint density at radius 1 is 1.26 bits per heavy atom. The molecule has 0 aliphatic carbocycles. The number of halogens is 3. The lowest BCUT2D eigenvalue weighted by Crippen LogP contribution is -2.17. The van der Waals surface area contributed by atoms with Crippen molar-refractivity contribution in [2.45, 2.75) is 6.18 Å². The van der Waals surface area contributed by atoms with Gasteiger partial charge in [-0.15, -0.1) is 0 Å². The minimum Gasteiger partial charge on any atom is -0.338 e. The molecule has 1 aromatic rings. The van der Waals surface area contributed by atoms with Crippen LogP contribution in [0.3, 0.4) is 0 Å². The summed E-state index contributed by atoms with van der Waals surface area (Å²) in [4.78, 5) is 16.2. The Bertz CT molecular complexity index is 495. The van der Waals surface area contributed by atoms with Crippen LogP contribution in [0.5, 0.6) is 0 Å². The molecule has 0 bridgehead atoms. The highest BCUT2D eigenvalue weighted by molar-refractivity contribution is 5.89. The fourth-order valence-corrected chi connectivity index (χ4v) is 1.53. The van der Waals surface area contributed by atoms with E-state index in [1.54, 1.807) is 6.08 Å². The van der Waals surface area contributed by atoms with Gasteiger partial charge < -0.3 is 10.2 Å². The number of carbonyl (C=O) groups is 1. The van der Waals surface area contributed by atoms with Gasteiger partial charge in [0, 0.05) is 13.1 Å². The van der Waals surface area contributed by atoms with E-state index in [0.29, 0.717) is 18.7 Å². The summed E-state index contributed by atoms with van der Waals surface area (Å²) < 4.78 is 37.0. The summed E-state index contributed by atoms with van der Waals surface area (Å²) in [5.74, 6) is -0.551. The van der Waals surface area contributed by atoms with Gasteiger partial charge in [-0.25, -0.2) is 10.3 Å². The maximum absolute atomic E-state index is 12.3. The van der Waals surface area contributed by atoms with Crippen LogP contribution >= 0.6 is 0 Å². The predicted octanol–water partition coefficient (Wildman–Crippen LogP) is 2.11. The minimum absolute atomic E-state index is 0.271. The number of rotatable bonds is 3. The maximum atomic E-state index is 12.3. The second kappa shape index (κ2) is 5.31. The van der Waals surface area contributed by atoms with Gasteiger partial charge in [0.2, 0.25) is 0 Å². The molecule has 0 unspecified atom stereocenters. The first kappa shape index (κ1) is 13.4. The zero-order valence-electron chi connectivity index (χ0n) is 9.75. The number of hydrogen-bond donors (Lipinski definition) is 2. The van der Waals surface area contributed by atoms with Gasteiger partial charge in [0.25, 0.3) is 0 Å². The first-order valence-electron chi connectivity index (χ1n) is 5.51. The van der Waals surface area contributed by atoms with E-state index < -0.39 is 17.7 Å². The van der Waals surface area contributed by atoms with Crippen LogP contribution in [0.15, 0.2) is 35.9 Å². The van der Waals surface area contributed by atoms with Crippen molar-refractivity contribution in [3.05, 3.63) is 41.5 Å². The van der Waals surface area contributed by atoms with Crippen LogP contribution in [0.1, 0.15) is 5.56 Å². The predicted molar refractivity (Wildman–Crippen MR) is 62.1 cm³/mol. The van der Waals surface area contributed by atoms with Gasteiger partial charge in [-0.2, -0.15) is 13.2 Å². The topological polar surface area (TPSA) is 50.4 Å². The SMILES string of the molecule is O=C(ONc1ccc(C(F)(F)F)cc1)C1=CCNC1. The Morgan fingerprint density at radius 2 is 1.95 bits per heavy atom. The smallest absolute Gasteiger partial charge is 0.338 e. The van der Waals surface area contributed by atoms with Crippen molar-refractivity contribution in [1.29, 1.82) is 0 Å². The van der Waals surface area contributed by atoms with Crippen LogP contribution in [-0.2, 0) is 15.8 Å². The molecule has 102 valence electrons. The van der Waals surface area contributed by atoms with Crippen molar-refractivity contribution >= 4 is 11.7 Å². The van der Waals surface area contributed by atoms with Crippen molar-refractivity contribution in [3.8, 4) is 0 Å². The van der Waals surface area contributed by atoms with E-state index in [1.165, 1.54) is 12.1 Å². The van der Waals surface area contributed by atoms with Crippen LogP contribution in [0.4, 0.5) is 18.9 Å². The van der Waals surface area contributed by atoms with Crippen molar-refractivity contribution in [3.63, 3.8) is 0 Å². The monoisotopic (exact) mass is 272 g/mol. The molecule has 2 N–H and O–H groups in total. The van der Waals surface area contributed by atoms with Gasteiger partial charge in [-0.3, -0.25) is 0 Å². The molecule has 1 aliphatic rings. The Hall–Kier alpha value is -2.02. The van der Waals surface area contributed by atoms with E-state index in [1.807, 2.05) is 0 Å². The Balaban J connectivity index is 1.91. The van der Waals surface area contributed by atoms with Crippen molar-refractivity contribution in [2.24, 2.45) is 0 Å². The molecule has 0 fully saturated rings. The van der Waals surface area contributed by atoms with Gasteiger partial charge in [-0.1, -0.05) is 6.08 Å². The molecule has 1 aromatic carbocycles. The number of hydrogen-bond acceptors (Lipinski definition) is 4. The molecule has 0 amide bonds. The summed E-state index contributed by atoms with van der Waals surface area (Å²) in [6.07, 6.45) is -2.69. The Morgan fingerprint density at radius 3 is 2.47 bits per heavy atom. The van der Waals surface area contributed by atoms with Crippen LogP contribution < -0.4 is 10.8 Å². The van der Waals surface area contributed by atoms with Crippen LogP contribution in [0, 0.1) is 0 Å². The lowest BCUT2D eigenvalue weighted by atomic mass is 10.2. The van der Waals surface area contributed by atoms with Gasteiger partial charge in [-0.05, 0) is 24.3 Å². The average Bonchev–Trinajstić information content (AvgIpc) is 2.89. The molecule has 4 nitrogen and oxygen atoms in total. The summed E-state index contributed by atoms with van der Waals surface area (Å²) in [5, 5.41) is 2.93. The van der Waals surface area contributed by atoms with Crippen LogP contribution in [-0.4, -0.2) is 19.1 Å². The molecule has 1 heterocycles. The maximum Gasteiger partial charge on any atom is 0.416 e. The highest BCUT2D eigenvalue weighted by Crippen LogP contribution is 2.29. The second-order valence-corrected chi connectivity index (χ2v) is 3.93. The van der Waals surface area contributed by atoms with Crippen LogP contribution in [0.2, 0.25) is 0 Å². The van der Waals surface area contributed by atoms with Gasteiger partial charge in [0.1, 0.15) is 0 Å². The third kappa shape index (κ3) is 3.47. The summed E-state index contributed by atoms with van der Waals surface area (Å²) in [7, 11) is 0. The lowest BCUT2D eigenvalue weighted by Gasteiger charge is -2.09. The summed E-state index contributed by atoms with van der Waals surface area (Å²) in [5.41, 5.74) is 2.31. The standard InChI is InChI=1S/C12H11F3N2O2/c13-12(14,15)9-1-3-10(4-2-9)17-19-11(18)8-5-6-16-7-8/h1-5,16-17H,6-7H2. The molecule has 0 spiro atoms. The summed E-state index contributed by atoms with van der Waals surface area (Å²) in [6.45, 7) is 1.03. The molecular formula is C12H11F3N2O2. The number of alkyl halides is 3. The second-order valence-electron chi connectivity index (χ2n) is 3.93. The number of carbonyl (C=O) groups excluding carboxylic acids is 1. The fourth-order valence-electron chi connectivity index (χ4n) is 1.53. The minimum atomic E-state index is -4.38. The number of anilines is 1. The average molecular weight is 272 g/mol. The summed E-state index contributed by atoms with van der Waals surface area (Å²) in [6, 6.07) is 4.20. The Kier molecular flexibility index (Phi) is 3.75. The van der Waals surface area contributed by atoms with E-state index in [0.717, 1.165) is 12.1 Å². The molecule has 0 saturated carbocycles. The zero-order chi connectivity index (χ0) is 13.9. The van der Waals surface area contributed by atoms with Gasteiger partial charge in [0.05, 0.1) is 16.8 Å². The molecular weight excluding hydrogens is 261 g/mol. The van der Waals surface area contributed by atoms with E-state index >= 15 is 0 Å². The molecule has 7 heteroatoms. The summed E-state index contributed by atoms with van der Waals surface area (Å²) >= 11 is 0. The van der Waals surface area contributed by atoms with Crippen LogP contribution in [0.25, 0.3) is 0 Å². The molecule has 0 radical (unpaired) electrons. The molecule has 0 atom stereocenters. The molecule has 2 rings (SSSR count). The molecule has 0 saturated heterocycles. The molecule has 0 aromatic heterocycles. The van der Waals surface area contributed by atoms with E-state index in [4.69, 9.17) is 4.84 Å². The van der Waals surface area contributed by atoms with Gasteiger partial charge in [0.15, 0.2) is 0 Å². The third-order valence-corrected chi connectivity index (χ3v) is 2.54. The fraction of sp³-hybridized carbons (Fsp3) is 0.250. The Labute approximate surface area is 107 Å². The third-order valence-electron chi connectivity index (χ3n) is 2.54. The quantitative estimate of drug-likeness (QED) is 0.827. The van der Waals surface area contributed by atoms with Crippen molar-refractivity contribution < 1.29 is 22.8 Å². The van der Waals surface area contributed by atoms with Gasteiger partial charge >= 0.3 is 12.1 Å². The number of nitrogens with one attached hydrogen (secondary N) is 2. The van der Waals surface area contributed by atoms with Crippen molar-refractivity contribution in [2.75, 3.05) is 18.6 Å². The zero-order valence-corrected chi connectivity index (χ0v) is 9.75. The van der Waals surface area contributed by atoms with Crippen molar-refractivity contribution in [1.82, 2.24) is 5.32 Å². The normalized spacial score (nSPS) is 15.0. The highest BCUT2D eigenvalue weighted by Gasteiger charge is 2.29. The highest BCUT2D eigenvalue weighted by atomic mass is 19.4. The lowest BCUT2D eigenvalue weighted by molar-refractivity contribution is -0.138. The molecule has 1 aliphatic heterocycles. The largest absolute Gasteiger partial charge is 0.416 e. The number of benzene rings is 1. The van der Waals surface area contributed by atoms with E-state index in [-0.39, 0.29) is 5.69 Å². The van der Waals surface area contributed by atoms with E-state index in [9.17, 15) is 18.0 Å². The first-order valence-corrected chi connectivity index (χ1v) is 5.51. The van der Waals surface area contributed by atoms with E-state index in [2.05, 4.69) is 10.8 Å². The molecule has 19 heavy (non-hydrogen) atoms. The first-order chi connectivity index (χ1) is 8.97.